The minimum Gasteiger partial charge on any atom is -0.480 e. The molecule has 3 N–H and O–H groups in total. The lowest BCUT2D eigenvalue weighted by atomic mass is 10.3. The van der Waals surface area contributed by atoms with Crippen molar-refractivity contribution in [3.05, 3.63) is 24.3 Å². The second kappa shape index (κ2) is 7.16. The molecule has 0 spiro atoms. The highest BCUT2D eigenvalue weighted by Crippen LogP contribution is 2.14. The molecule has 1 aromatic carbocycles. The number of sulfonamides is 1. The summed E-state index contributed by atoms with van der Waals surface area (Å²) in [5.41, 5.74) is 0.438. The van der Waals surface area contributed by atoms with Crippen molar-refractivity contribution < 1.29 is 27.9 Å². The van der Waals surface area contributed by atoms with E-state index in [1.807, 2.05) is 4.72 Å². The Balaban J connectivity index is 2.91. The summed E-state index contributed by atoms with van der Waals surface area (Å²) in [6, 6.07) is 3.96. The summed E-state index contributed by atoms with van der Waals surface area (Å²) < 4.78 is 30.8. The van der Waals surface area contributed by atoms with Crippen LogP contribution >= 0.6 is 0 Å². The molecule has 0 saturated heterocycles. The van der Waals surface area contributed by atoms with Gasteiger partial charge in [-0.1, -0.05) is 0 Å². The molecule has 0 aromatic heterocycles. The number of nitrogens with one attached hydrogen (secondary N) is 2. The summed E-state index contributed by atoms with van der Waals surface area (Å²) in [4.78, 5) is 21.7. The average molecular weight is 316 g/mol. The van der Waals surface area contributed by atoms with Crippen molar-refractivity contribution in [1.82, 2.24) is 4.72 Å². The smallest absolute Gasteiger partial charge is 0.324 e. The van der Waals surface area contributed by atoms with Crippen molar-refractivity contribution in [1.29, 1.82) is 0 Å². The Kier molecular flexibility index (Phi) is 5.82. The summed E-state index contributed by atoms with van der Waals surface area (Å²) in [6.45, 7) is 1.03. The molecule has 116 valence electrons. The molecular weight excluding hydrogens is 300 g/mol. The molecule has 1 atom stereocenters. The third-order valence-electron chi connectivity index (χ3n) is 2.41. The minimum atomic E-state index is -4.00. The summed E-state index contributed by atoms with van der Waals surface area (Å²) in [5, 5.41) is 11.4. The van der Waals surface area contributed by atoms with E-state index in [4.69, 9.17) is 5.11 Å². The van der Waals surface area contributed by atoms with Gasteiger partial charge < -0.3 is 15.2 Å². The number of carbonyl (C=O) groups is 2. The second-order valence-electron chi connectivity index (χ2n) is 4.17. The molecule has 0 saturated carbocycles. The van der Waals surface area contributed by atoms with Crippen molar-refractivity contribution in [2.45, 2.75) is 17.9 Å². The molecule has 21 heavy (non-hydrogen) atoms. The van der Waals surface area contributed by atoms with Crippen LogP contribution in [0.2, 0.25) is 0 Å². The van der Waals surface area contributed by atoms with Crippen molar-refractivity contribution in [3.8, 4) is 0 Å². The first-order valence-corrected chi connectivity index (χ1v) is 7.36. The molecule has 1 unspecified atom stereocenters. The molecule has 0 bridgehead atoms. The van der Waals surface area contributed by atoms with Crippen LogP contribution in [0.1, 0.15) is 6.92 Å². The molecule has 1 rings (SSSR count). The number of carboxylic acid groups (broad SMARTS) is 1. The maximum Gasteiger partial charge on any atom is 0.324 e. The molecule has 0 aliphatic rings. The number of carbonyl (C=O) groups excluding carboxylic acids is 1. The number of rotatable bonds is 7. The van der Waals surface area contributed by atoms with Crippen LogP contribution in [0.3, 0.4) is 0 Å². The number of methoxy groups -OCH3 is 1. The fourth-order valence-corrected chi connectivity index (χ4v) is 2.67. The number of hydrogen-bond donors (Lipinski definition) is 3. The van der Waals surface area contributed by atoms with Gasteiger partial charge in [-0.25, -0.2) is 8.42 Å². The lowest BCUT2D eigenvalue weighted by molar-refractivity contribution is -0.140. The minimum absolute atomic E-state index is 0.112. The molecule has 1 amide bonds. The van der Waals surface area contributed by atoms with Crippen LogP contribution in [0.25, 0.3) is 0 Å². The Labute approximate surface area is 122 Å². The predicted octanol–water partition coefficient (Wildman–Crippen LogP) is 0.0229. The predicted molar refractivity (Wildman–Crippen MR) is 74.4 cm³/mol. The fraction of sp³-hybridized carbons (Fsp3) is 0.333. The standard InChI is InChI=1S/C12H16N2O6S/c1-8(15)13-9-3-5-10(6-4-9)21(18,19)14-11(7-20-2)12(16)17/h3-6,11,14H,7H2,1-2H3,(H,13,15)(H,16,17). The van der Waals surface area contributed by atoms with Gasteiger partial charge in [-0.3, -0.25) is 9.59 Å². The lowest BCUT2D eigenvalue weighted by Gasteiger charge is -2.14. The highest BCUT2D eigenvalue weighted by molar-refractivity contribution is 7.89. The lowest BCUT2D eigenvalue weighted by Crippen LogP contribution is -2.43. The molecular formula is C12H16N2O6S. The van der Waals surface area contributed by atoms with E-state index < -0.39 is 22.0 Å². The Hall–Kier alpha value is -1.97. The summed E-state index contributed by atoms with van der Waals surface area (Å²) in [6.07, 6.45) is 0. The topological polar surface area (TPSA) is 122 Å². The molecule has 9 heteroatoms. The van der Waals surface area contributed by atoms with Gasteiger partial charge in [-0.2, -0.15) is 4.72 Å². The van der Waals surface area contributed by atoms with Crippen molar-refractivity contribution in [3.63, 3.8) is 0 Å². The molecule has 8 nitrogen and oxygen atoms in total. The third-order valence-corrected chi connectivity index (χ3v) is 3.90. The SMILES string of the molecule is COCC(NS(=O)(=O)c1ccc(NC(C)=O)cc1)C(=O)O. The van der Waals surface area contributed by atoms with E-state index >= 15 is 0 Å². The van der Waals surface area contributed by atoms with E-state index in [1.54, 1.807) is 0 Å². The first-order chi connectivity index (χ1) is 9.76. The average Bonchev–Trinajstić information content (AvgIpc) is 2.37. The van der Waals surface area contributed by atoms with Gasteiger partial charge in [-0.15, -0.1) is 0 Å². The first-order valence-electron chi connectivity index (χ1n) is 5.88. The highest BCUT2D eigenvalue weighted by atomic mass is 32.2. The fourth-order valence-electron chi connectivity index (χ4n) is 1.50. The van der Waals surface area contributed by atoms with Gasteiger partial charge in [0.15, 0.2) is 0 Å². The number of benzene rings is 1. The maximum atomic E-state index is 12.0. The number of anilines is 1. The number of hydrogen-bond acceptors (Lipinski definition) is 5. The van der Waals surface area contributed by atoms with Gasteiger partial charge in [0, 0.05) is 19.7 Å². The maximum absolute atomic E-state index is 12.0. The molecule has 0 fully saturated rings. The van der Waals surface area contributed by atoms with Crippen molar-refractivity contribution in [2.24, 2.45) is 0 Å². The van der Waals surface area contributed by atoms with Gasteiger partial charge in [0.2, 0.25) is 15.9 Å². The monoisotopic (exact) mass is 316 g/mol. The molecule has 0 aliphatic carbocycles. The zero-order chi connectivity index (χ0) is 16.0. The van der Waals surface area contributed by atoms with Crippen LogP contribution < -0.4 is 10.0 Å². The van der Waals surface area contributed by atoms with E-state index in [0.717, 1.165) is 0 Å². The van der Waals surface area contributed by atoms with Gasteiger partial charge in [0.05, 0.1) is 11.5 Å². The van der Waals surface area contributed by atoms with Crippen LogP contribution in [0.15, 0.2) is 29.2 Å². The largest absolute Gasteiger partial charge is 0.480 e. The van der Waals surface area contributed by atoms with Crippen LogP contribution in [0.5, 0.6) is 0 Å². The van der Waals surface area contributed by atoms with Crippen LogP contribution in [-0.4, -0.2) is 45.2 Å². The van der Waals surface area contributed by atoms with Crippen LogP contribution in [0, 0.1) is 0 Å². The molecule has 0 heterocycles. The number of ether oxygens (including phenoxy) is 1. The first kappa shape index (κ1) is 17.1. The Morgan fingerprint density at radius 3 is 2.29 bits per heavy atom. The van der Waals surface area contributed by atoms with Gasteiger partial charge in [0.1, 0.15) is 6.04 Å². The normalized spacial score (nSPS) is 12.7. The van der Waals surface area contributed by atoms with Gasteiger partial charge >= 0.3 is 5.97 Å². The summed E-state index contributed by atoms with van der Waals surface area (Å²) >= 11 is 0. The quantitative estimate of drug-likeness (QED) is 0.652. The van der Waals surface area contributed by atoms with E-state index in [0.29, 0.717) is 5.69 Å². The molecule has 0 radical (unpaired) electrons. The Morgan fingerprint density at radius 1 is 1.29 bits per heavy atom. The second-order valence-corrected chi connectivity index (χ2v) is 5.89. The van der Waals surface area contributed by atoms with E-state index in [1.165, 1.54) is 38.3 Å². The Morgan fingerprint density at radius 2 is 1.86 bits per heavy atom. The van der Waals surface area contributed by atoms with E-state index in [2.05, 4.69) is 10.1 Å². The van der Waals surface area contributed by atoms with Crippen molar-refractivity contribution in [2.75, 3.05) is 19.0 Å². The Bertz CT molecular complexity index is 611. The van der Waals surface area contributed by atoms with Gasteiger partial charge in [-0.05, 0) is 24.3 Å². The molecule has 0 aliphatic heterocycles. The van der Waals surface area contributed by atoms with E-state index in [9.17, 15) is 18.0 Å². The van der Waals surface area contributed by atoms with Crippen molar-refractivity contribution >= 4 is 27.6 Å². The summed E-state index contributed by atoms with van der Waals surface area (Å²) in [7, 11) is -2.73. The number of amides is 1. The van der Waals surface area contributed by atoms with E-state index in [-0.39, 0.29) is 17.4 Å². The van der Waals surface area contributed by atoms with Gasteiger partial charge in [0.25, 0.3) is 0 Å². The van der Waals surface area contributed by atoms with Crippen LogP contribution in [0.4, 0.5) is 5.69 Å². The highest BCUT2D eigenvalue weighted by Gasteiger charge is 2.25. The number of aliphatic carboxylic acids is 1. The zero-order valence-corrected chi connectivity index (χ0v) is 12.3. The van der Waals surface area contributed by atoms with Crippen LogP contribution in [-0.2, 0) is 24.3 Å². The molecule has 1 aromatic rings. The summed E-state index contributed by atoms with van der Waals surface area (Å²) in [5.74, 6) is -1.62. The zero-order valence-electron chi connectivity index (χ0n) is 11.5. The third kappa shape index (κ3) is 5.14. The number of carboxylic acids is 1.